The highest BCUT2D eigenvalue weighted by molar-refractivity contribution is 5.90. The lowest BCUT2D eigenvalue weighted by Gasteiger charge is -2.21. The molecule has 0 saturated heterocycles. The molecule has 0 heterocycles. The highest BCUT2D eigenvalue weighted by Gasteiger charge is 2.15. The van der Waals surface area contributed by atoms with Crippen LogP contribution in [0.15, 0.2) is 24.3 Å². The fourth-order valence-electron chi connectivity index (χ4n) is 1.92. The predicted octanol–water partition coefficient (Wildman–Crippen LogP) is 2.85. The van der Waals surface area contributed by atoms with Gasteiger partial charge in [-0.25, -0.2) is 0 Å². The highest BCUT2D eigenvalue weighted by atomic mass is 16.3. The van der Waals surface area contributed by atoms with Gasteiger partial charge in [-0.15, -0.1) is 0 Å². The van der Waals surface area contributed by atoms with E-state index in [1.54, 1.807) is 0 Å². The lowest BCUT2D eigenvalue weighted by atomic mass is 10.0. The number of hydrogen-bond acceptors (Lipinski definition) is 3. The Hall–Kier alpha value is -1.39. The third kappa shape index (κ3) is 5.31. The number of aliphatic hydroxyl groups excluding tert-OH is 1. The summed E-state index contributed by atoms with van der Waals surface area (Å²) >= 11 is 0. The molecule has 20 heavy (non-hydrogen) atoms. The molecule has 3 N–H and O–H groups in total. The smallest absolute Gasteiger partial charge is 0.224 e. The van der Waals surface area contributed by atoms with Crippen LogP contribution in [0.2, 0.25) is 0 Å². The molecule has 112 valence electrons. The molecule has 0 aliphatic rings. The van der Waals surface area contributed by atoms with E-state index in [1.807, 2.05) is 38.1 Å². The van der Waals surface area contributed by atoms with E-state index in [9.17, 15) is 9.90 Å². The minimum Gasteiger partial charge on any atom is -0.387 e. The van der Waals surface area contributed by atoms with Gasteiger partial charge in [0.2, 0.25) is 5.91 Å². The molecular formula is C16H26N2O2. The quantitative estimate of drug-likeness (QED) is 0.641. The first-order valence-corrected chi connectivity index (χ1v) is 7.39. The number of carbonyl (C=O) groups excluding carboxylic acids is 1. The summed E-state index contributed by atoms with van der Waals surface area (Å²) in [6.45, 7) is 6.86. The van der Waals surface area contributed by atoms with Gasteiger partial charge in [-0.05, 0) is 37.6 Å². The number of amides is 1. The summed E-state index contributed by atoms with van der Waals surface area (Å²) < 4.78 is 0. The summed E-state index contributed by atoms with van der Waals surface area (Å²) in [4.78, 5) is 11.3. The fourth-order valence-corrected chi connectivity index (χ4v) is 1.92. The lowest BCUT2D eigenvalue weighted by Crippen LogP contribution is -2.32. The van der Waals surface area contributed by atoms with Gasteiger partial charge < -0.3 is 15.7 Å². The molecule has 4 heteroatoms. The van der Waals surface area contributed by atoms with E-state index >= 15 is 0 Å². The fraction of sp³-hybridized carbons (Fsp3) is 0.562. The van der Waals surface area contributed by atoms with Crippen LogP contribution in [0.1, 0.15) is 51.7 Å². The Morgan fingerprint density at radius 1 is 1.25 bits per heavy atom. The van der Waals surface area contributed by atoms with E-state index in [2.05, 4.69) is 17.6 Å². The van der Waals surface area contributed by atoms with Crippen molar-refractivity contribution in [2.24, 2.45) is 0 Å². The van der Waals surface area contributed by atoms with Gasteiger partial charge in [-0.2, -0.15) is 0 Å². The molecule has 0 aliphatic carbocycles. The van der Waals surface area contributed by atoms with E-state index in [1.165, 1.54) is 0 Å². The molecule has 0 aromatic heterocycles. The van der Waals surface area contributed by atoms with Crippen molar-refractivity contribution < 1.29 is 9.90 Å². The number of unbranched alkanes of at least 4 members (excludes halogenated alkanes) is 1. The molecule has 2 unspecified atom stereocenters. The van der Waals surface area contributed by atoms with Crippen LogP contribution in [0.25, 0.3) is 0 Å². The molecule has 4 nitrogen and oxygen atoms in total. The van der Waals surface area contributed by atoms with Gasteiger partial charge in [0.25, 0.3) is 0 Å². The number of benzene rings is 1. The van der Waals surface area contributed by atoms with Crippen LogP contribution in [0.3, 0.4) is 0 Å². The Morgan fingerprint density at radius 2 is 1.90 bits per heavy atom. The average molecular weight is 278 g/mol. The van der Waals surface area contributed by atoms with Crippen molar-refractivity contribution in [2.75, 3.05) is 11.9 Å². The second-order valence-electron chi connectivity index (χ2n) is 5.06. The molecule has 0 radical (unpaired) electrons. The highest BCUT2D eigenvalue weighted by Crippen LogP contribution is 2.19. The number of nitrogens with one attached hydrogen (secondary N) is 2. The van der Waals surface area contributed by atoms with Crippen LogP contribution in [-0.4, -0.2) is 23.6 Å². The second kappa shape index (κ2) is 8.72. The molecule has 2 atom stereocenters. The van der Waals surface area contributed by atoms with Crippen molar-refractivity contribution in [3.63, 3.8) is 0 Å². The van der Waals surface area contributed by atoms with Crippen molar-refractivity contribution in [3.8, 4) is 0 Å². The molecule has 0 aliphatic heterocycles. The van der Waals surface area contributed by atoms with Crippen LogP contribution in [0.5, 0.6) is 0 Å². The van der Waals surface area contributed by atoms with Crippen molar-refractivity contribution >= 4 is 11.6 Å². The molecule has 0 saturated carbocycles. The van der Waals surface area contributed by atoms with Gasteiger partial charge in [-0.3, -0.25) is 4.79 Å². The maximum Gasteiger partial charge on any atom is 0.224 e. The zero-order chi connectivity index (χ0) is 15.0. The van der Waals surface area contributed by atoms with E-state index in [4.69, 9.17) is 0 Å². The van der Waals surface area contributed by atoms with E-state index < -0.39 is 6.10 Å². The maximum atomic E-state index is 11.3. The zero-order valence-electron chi connectivity index (χ0n) is 12.6. The van der Waals surface area contributed by atoms with Crippen LogP contribution >= 0.6 is 0 Å². The van der Waals surface area contributed by atoms with Crippen molar-refractivity contribution in [3.05, 3.63) is 29.8 Å². The minimum absolute atomic E-state index is 0.00658. The Kier molecular flexibility index (Phi) is 7.26. The van der Waals surface area contributed by atoms with E-state index in [-0.39, 0.29) is 11.9 Å². The number of hydrogen-bond donors (Lipinski definition) is 3. The Morgan fingerprint density at radius 3 is 2.45 bits per heavy atom. The lowest BCUT2D eigenvalue weighted by molar-refractivity contribution is -0.115. The van der Waals surface area contributed by atoms with E-state index in [0.29, 0.717) is 6.42 Å². The van der Waals surface area contributed by atoms with Crippen LogP contribution in [0.4, 0.5) is 5.69 Å². The van der Waals surface area contributed by atoms with Gasteiger partial charge >= 0.3 is 0 Å². The van der Waals surface area contributed by atoms with Crippen molar-refractivity contribution in [2.45, 2.75) is 52.2 Å². The Labute approximate surface area is 121 Å². The summed E-state index contributed by atoms with van der Waals surface area (Å²) in [6, 6.07) is 7.37. The first-order valence-electron chi connectivity index (χ1n) is 7.39. The molecule has 1 amide bonds. The minimum atomic E-state index is -0.539. The molecule has 0 bridgehead atoms. The molecule has 1 aromatic carbocycles. The largest absolute Gasteiger partial charge is 0.387 e. The first-order chi connectivity index (χ1) is 9.58. The van der Waals surface area contributed by atoms with Crippen LogP contribution in [-0.2, 0) is 4.79 Å². The van der Waals surface area contributed by atoms with Crippen LogP contribution < -0.4 is 10.6 Å². The zero-order valence-corrected chi connectivity index (χ0v) is 12.6. The summed E-state index contributed by atoms with van der Waals surface area (Å²) in [7, 11) is 0. The maximum absolute atomic E-state index is 11.3. The summed E-state index contributed by atoms with van der Waals surface area (Å²) in [5.74, 6) is -0.00658. The van der Waals surface area contributed by atoms with Gasteiger partial charge in [0.05, 0.1) is 6.10 Å². The van der Waals surface area contributed by atoms with Gasteiger partial charge in [0.15, 0.2) is 0 Å². The Bertz CT molecular complexity index is 403. The molecule has 1 aromatic rings. The Balaban J connectivity index is 2.56. The monoisotopic (exact) mass is 278 g/mol. The molecular weight excluding hydrogens is 252 g/mol. The molecule has 0 fully saturated rings. The molecule has 0 spiro atoms. The average Bonchev–Trinajstić information content (AvgIpc) is 2.47. The SMILES string of the molecule is CCCCNC(C)C(O)c1ccc(NC(=O)CC)cc1. The van der Waals surface area contributed by atoms with Gasteiger partial charge in [0, 0.05) is 18.2 Å². The normalized spacial score (nSPS) is 13.8. The van der Waals surface area contributed by atoms with Crippen LogP contribution in [0, 0.1) is 0 Å². The topological polar surface area (TPSA) is 61.4 Å². The number of anilines is 1. The van der Waals surface area contributed by atoms with E-state index in [0.717, 1.165) is 30.6 Å². The third-order valence-electron chi connectivity index (χ3n) is 3.33. The third-order valence-corrected chi connectivity index (χ3v) is 3.33. The van der Waals surface area contributed by atoms with Gasteiger partial charge in [-0.1, -0.05) is 32.4 Å². The number of carbonyl (C=O) groups is 1. The summed E-state index contributed by atoms with van der Waals surface area (Å²) in [5, 5.41) is 16.4. The van der Waals surface area contributed by atoms with Crippen molar-refractivity contribution in [1.82, 2.24) is 5.32 Å². The second-order valence-corrected chi connectivity index (χ2v) is 5.06. The standard InChI is InChI=1S/C16H26N2O2/c1-4-6-11-17-12(3)16(20)13-7-9-14(10-8-13)18-15(19)5-2/h7-10,12,16-17,20H,4-6,11H2,1-3H3,(H,18,19). The van der Waals surface area contributed by atoms with Crippen molar-refractivity contribution in [1.29, 1.82) is 0 Å². The number of aliphatic hydroxyl groups is 1. The number of rotatable bonds is 8. The summed E-state index contributed by atoms with van der Waals surface area (Å²) in [6.07, 6.45) is 2.17. The first kappa shape index (κ1) is 16.7. The predicted molar refractivity (Wildman–Crippen MR) is 82.7 cm³/mol. The summed E-state index contributed by atoms with van der Waals surface area (Å²) in [5.41, 5.74) is 1.62. The van der Waals surface area contributed by atoms with Gasteiger partial charge in [0.1, 0.15) is 0 Å². The molecule has 1 rings (SSSR count).